The number of hydrogen-bond acceptors (Lipinski definition) is 2. The molecule has 0 amide bonds. The predicted molar refractivity (Wildman–Crippen MR) is 29.3 cm³/mol. The van der Waals surface area contributed by atoms with Gasteiger partial charge in [0.05, 0.1) is 0 Å². The molecule has 0 spiro atoms. The normalized spacial score (nSPS) is 8.25. The van der Waals surface area contributed by atoms with Crippen LogP contribution in [0.3, 0.4) is 0 Å². The fraction of sp³-hybridized carbons (Fsp3) is 1.00. The number of hydroxylamine groups is 1. The van der Waals surface area contributed by atoms with Crippen LogP contribution in [0.2, 0.25) is 0 Å². The summed E-state index contributed by atoms with van der Waals surface area (Å²) in [6.07, 6.45) is 3.49. The Balaban J connectivity index is 0. The van der Waals surface area contributed by atoms with E-state index >= 15 is 0 Å². The van der Waals surface area contributed by atoms with Gasteiger partial charge in [0.1, 0.15) is 0 Å². The van der Waals surface area contributed by atoms with E-state index < -0.39 is 0 Å². The molecule has 0 saturated heterocycles. The Labute approximate surface area is 62.5 Å². The zero-order chi connectivity index (χ0) is 5.54. The number of rotatable bonds is 4. The summed E-state index contributed by atoms with van der Waals surface area (Å²) in [5.41, 5.74) is 2.10. The van der Waals surface area contributed by atoms with Crippen molar-refractivity contribution in [3.63, 3.8) is 0 Å². The third kappa shape index (κ3) is 9.71. The SMILES string of the molecule is CCCCCNO.[V]. The molecule has 0 aromatic carbocycles. The van der Waals surface area contributed by atoms with Gasteiger partial charge >= 0.3 is 0 Å². The first kappa shape index (κ1) is 11.3. The molecule has 0 fully saturated rings. The Kier molecular flexibility index (Phi) is 14.8. The fourth-order valence-corrected chi connectivity index (χ4v) is 0.454. The van der Waals surface area contributed by atoms with Crippen molar-refractivity contribution in [1.82, 2.24) is 5.48 Å². The molecule has 0 aliphatic rings. The minimum absolute atomic E-state index is 0. The maximum atomic E-state index is 8.04. The Morgan fingerprint density at radius 2 is 2.00 bits per heavy atom. The summed E-state index contributed by atoms with van der Waals surface area (Å²) in [4.78, 5) is 0. The van der Waals surface area contributed by atoms with Crippen molar-refractivity contribution in [3.8, 4) is 0 Å². The van der Waals surface area contributed by atoms with Gasteiger partial charge in [-0.3, -0.25) is 0 Å². The van der Waals surface area contributed by atoms with Crippen molar-refractivity contribution in [2.45, 2.75) is 26.2 Å². The topological polar surface area (TPSA) is 32.3 Å². The second-order valence-electron chi connectivity index (χ2n) is 1.62. The van der Waals surface area contributed by atoms with E-state index in [9.17, 15) is 0 Å². The molecule has 8 heavy (non-hydrogen) atoms. The van der Waals surface area contributed by atoms with Gasteiger partial charge in [-0.1, -0.05) is 19.8 Å². The molecular weight excluding hydrogens is 141 g/mol. The Morgan fingerprint density at radius 1 is 1.38 bits per heavy atom. The van der Waals surface area contributed by atoms with E-state index in [1.807, 2.05) is 0 Å². The van der Waals surface area contributed by atoms with Crippen LogP contribution in [-0.2, 0) is 18.6 Å². The molecule has 0 aliphatic heterocycles. The van der Waals surface area contributed by atoms with E-state index in [-0.39, 0.29) is 18.6 Å². The van der Waals surface area contributed by atoms with Gasteiger partial charge in [0.25, 0.3) is 0 Å². The molecule has 0 bridgehead atoms. The monoisotopic (exact) mass is 154 g/mol. The van der Waals surface area contributed by atoms with Crippen molar-refractivity contribution in [2.24, 2.45) is 0 Å². The van der Waals surface area contributed by atoms with Crippen molar-refractivity contribution < 1.29 is 23.8 Å². The molecule has 2 N–H and O–H groups in total. The molecule has 2 nitrogen and oxygen atoms in total. The van der Waals surface area contributed by atoms with E-state index in [1.54, 1.807) is 0 Å². The standard InChI is InChI=1S/C5H13NO.V/c1-2-3-4-5-6-7;/h6-7H,2-5H2,1H3;. The van der Waals surface area contributed by atoms with E-state index in [0.717, 1.165) is 13.0 Å². The molecule has 1 radical (unpaired) electrons. The first-order chi connectivity index (χ1) is 3.41. The van der Waals surface area contributed by atoms with Gasteiger partial charge < -0.3 is 5.21 Å². The quantitative estimate of drug-likeness (QED) is 0.470. The van der Waals surface area contributed by atoms with Gasteiger partial charge in [-0.15, -0.1) is 0 Å². The molecule has 3 heteroatoms. The van der Waals surface area contributed by atoms with Gasteiger partial charge in [0.2, 0.25) is 0 Å². The van der Waals surface area contributed by atoms with Crippen LogP contribution in [0.4, 0.5) is 0 Å². The smallest absolute Gasteiger partial charge is 0.0207 e. The third-order valence-electron chi connectivity index (χ3n) is 0.892. The average Bonchev–Trinajstić information content (AvgIpc) is 1.69. The van der Waals surface area contributed by atoms with Gasteiger partial charge in [-0.05, 0) is 6.42 Å². The molecule has 0 saturated carbocycles. The fourth-order valence-electron chi connectivity index (χ4n) is 0.454. The molecule has 0 aromatic rings. The predicted octanol–water partition coefficient (Wildman–Crippen LogP) is 1.15. The second-order valence-corrected chi connectivity index (χ2v) is 1.62. The summed E-state index contributed by atoms with van der Waals surface area (Å²) in [6, 6.07) is 0. The third-order valence-corrected chi connectivity index (χ3v) is 0.892. The number of nitrogens with one attached hydrogen (secondary N) is 1. The molecule has 0 atom stereocenters. The Bertz CT molecular complexity index is 31.6. The molecule has 0 aliphatic carbocycles. The minimum Gasteiger partial charge on any atom is -0.317 e. The summed E-state index contributed by atoms with van der Waals surface area (Å²) in [5, 5.41) is 8.04. The molecule has 0 unspecified atom stereocenters. The van der Waals surface area contributed by atoms with Crippen molar-refractivity contribution in [3.05, 3.63) is 0 Å². The van der Waals surface area contributed by atoms with E-state index in [4.69, 9.17) is 5.21 Å². The zero-order valence-corrected chi connectivity index (χ0v) is 6.62. The van der Waals surface area contributed by atoms with Gasteiger partial charge in [0, 0.05) is 25.1 Å². The van der Waals surface area contributed by atoms with Crippen molar-refractivity contribution in [2.75, 3.05) is 6.54 Å². The van der Waals surface area contributed by atoms with Crippen LogP contribution in [0.15, 0.2) is 0 Å². The van der Waals surface area contributed by atoms with Crippen LogP contribution >= 0.6 is 0 Å². The van der Waals surface area contributed by atoms with Crippen molar-refractivity contribution in [1.29, 1.82) is 0 Å². The first-order valence-corrected chi connectivity index (χ1v) is 2.78. The molecule has 0 rings (SSSR count). The summed E-state index contributed by atoms with van der Waals surface area (Å²) in [7, 11) is 0. The maximum absolute atomic E-state index is 8.04. The van der Waals surface area contributed by atoms with Crippen LogP contribution in [0, 0.1) is 0 Å². The van der Waals surface area contributed by atoms with Crippen molar-refractivity contribution >= 4 is 0 Å². The first-order valence-electron chi connectivity index (χ1n) is 2.78. The second kappa shape index (κ2) is 10.5. The molecular formula is C5H13NOV. The Morgan fingerprint density at radius 3 is 2.38 bits per heavy atom. The van der Waals surface area contributed by atoms with E-state index in [1.165, 1.54) is 12.8 Å². The largest absolute Gasteiger partial charge is 0.317 e. The van der Waals surface area contributed by atoms with E-state index in [0.29, 0.717) is 0 Å². The number of unbranched alkanes of at least 4 members (excludes halogenated alkanes) is 2. The van der Waals surface area contributed by atoms with E-state index in [2.05, 4.69) is 12.4 Å². The zero-order valence-electron chi connectivity index (χ0n) is 5.22. The van der Waals surface area contributed by atoms with Gasteiger partial charge in [-0.25, -0.2) is 5.48 Å². The summed E-state index contributed by atoms with van der Waals surface area (Å²) >= 11 is 0. The molecule has 0 aromatic heterocycles. The summed E-state index contributed by atoms with van der Waals surface area (Å²) < 4.78 is 0. The summed E-state index contributed by atoms with van der Waals surface area (Å²) in [6.45, 7) is 2.87. The Hall–Kier alpha value is 0.504. The van der Waals surface area contributed by atoms with Crippen LogP contribution in [0.1, 0.15) is 26.2 Å². The molecule has 0 heterocycles. The molecule has 49 valence electrons. The average molecular weight is 154 g/mol. The maximum Gasteiger partial charge on any atom is 0.0207 e. The summed E-state index contributed by atoms with van der Waals surface area (Å²) in [5.74, 6) is 0. The van der Waals surface area contributed by atoms with Crippen LogP contribution in [0.25, 0.3) is 0 Å². The van der Waals surface area contributed by atoms with Gasteiger partial charge in [0.15, 0.2) is 0 Å². The minimum atomic E-state index is 0. The van der Waals surface area contributed by atoms with Crippen LogP contribution in [-0.4, -0.2) is 11.8 Å². The van der Waals surface area contributed by atoms with Crippen LogP contribution < -0.4 is 5.48 Å². The van der Waals surface area contributed by atoms with Gasteiger partial charge in [-0.2, -0.15) is 0 Å². The van der Waals surface area contributed by atoms with Crippen LogP contribution in [0.5, 0.6) is 0 Å². The number of hydrogen-bond donors (Lipinski definition) is 2.